The largest absolute Gasteiger partial charge is 0.383 e. The summed E-state index contributed by atoms with van der Waals surface area (Å²) in [5.74, 6) is -0.374. The zero-order valence-corrected chi connectivity index (χ0v) is 12.8. The summed E-state index contributed by atoms with van der Waals surface area (Å²) in [4.78, 5) is 26.0. The summed E-state index contributed by atoms with van der Waals surface area (Å²) in [6, 6.07) is 7.63. The van der Waals surface area contributed by atoms with Crippen LogP contribution in [0.1, 0.15) is 18.9 Å². The first kappa shape index (κ1) is 15.5. The molecule has 1 aromatic rings. The summed E-state index contributed by atoms with van der Waals surface area (Å²) in [6.45, 7) is 4.87. The van der Waals surface area contributed by atoms with Gasteiger partial charge < -0.3 is 15.0 Å². The van der Waals surface area contributed by atoms with Crippen molar-refractivity contribution in [3.05, 3.63) is 29.8 Å². The van der Waals surface area contributed by atoms with E-state index in [-0.39, 0.29) is 30.2 Å². The quantitative estimate of drug-likeness (QED) is 0.900. The molecule has 0 bridgehead atoms. The highest BCUT2D eigenvalue weighted by molar-refractivity contribution is 5.97. The molecule has 114 valence electrons. The third kappa shape index (κ3) is 3.82. The first-order valence-corrected chi connectivity index (χ1v) is 7.17. The summed E-state index contributed by atoms with van der Waals surface area (Å²) in [7, 11) is 1.61. The number of amides is 2. The molecule has 1 aliphatic rings. The molecule has 5 nitrogen and oxygen atoms in total. The van der Waals surface area contributed by atoms with E-state index in [1.165, 1.54) is 0 Å². The van der Waals surface area contributed by atoms with E-state index < -0.39 is 0 Å². The molecule has 0 aliphatic carbocycles. The smallest absolute Gasteiger partial charge is 0.229 e. The second-order valence-electron chi connectivity index (χ2n) is 5.61. The molecular formula is C16H22N2O3. The number of aryl methyl sites for hydroxylation is 1. The number of anilines is 1. The van der Waals surface area contributed by atoms with Gasteiger partial charge in [-0.3, -0.25) is 9.59 Å². The Balaban J connectivity index is 1.95. The minimum atomic E-state index is -0.293. The van der Waals surface area contributed by atoms with Crippen LogP contribution in [0.3, 0.4) is 0 Å². The van der Waals surface area contributed by atoms with Gasteiger partial charge in [0.2, 0.25) is 11.8 Å². The molecule has 2 rings (SSSR count). The number of carbonyl (C=O) groups excluding carboxylic acids is 2. The number of benzene rings is 1. The van der Waals surface area contributed by atoms with E-state index in [2.05, 4.69) is 5.32 Å². The lowest BCUT2D eigenvalue weighted by molar-refractivity contribution is -0.130. The Hall–Kier alpha value is -1.88. The minimum Gasteiger partial charge on any atom is -0.383 e. The molecule has 1 heterocycles. The molecule has 1 fully saturated rings. The van der Waals surface area contributed by atoms with Crippen molar-refractivity contribution in [2.45, 2.75) is 26.3 Å². The highest BCUT2D eigenvalue weighted by Crippen LogP contribution is 2.22. The fourth-order valence-corrected chi connectivity index (χ4v) is 2.55. The Morgan fingerprint density at radius 3 is 2.71 bits per heavy atom. The van der Waals surface area contributed by atoms with Crippen LogP contribution in [0.25, 0.3) is 0 Å². The molecule has 5 heteroatoms. The number of likely N-dealkylation sites (tertiary alicyclic amines) is 1. The SMILES string of the molecule is COC[C@@H](C)N1C[C@@H](C(=O)Nc2ccc(C)cc2)CC1=O. The fraction of sp³-hybridized carbons (Fsp3) is 0.500. The highest BCUT2D eigenvalue weighted by Gasteiger charge is 2.36. The summed E-state index contributed by atoms with van der Waals surface area (Å²) in [6.07, 6.45) is 0.270. The zero-order valence-electron chi connectivity index (χ0n) is 12.8. The van der Waals surface area contributed by atoms with E-state index >= 15 is 0 Å². The molecule has 2 atom stereocenters. The van der Waals surface area contributed by atoms with Crippen LogP contribution in [0.2, 0.25) is 0 Å². The minimum absolute atomic E-state index is 0.000301. The summed E-state index contributed by atoms with van der Waals surface area (Å²) in [5.41, 5.74) is 1.91. The number of hydrogen-bond acceptors (Lipinski definition) is 3. The maximum absolute atomic E-state index is 12.2. The highest BCUT2D eigenvalue weighted by atomic mass is 16.5. The zero-order chi connectivity index (χ0) is 15.4. The normalized spacial score (nSPS) is 19.7. The van der Waals surface area contributed by atoms with Crippen LogP contribution in [-0.4, -0.2) is 43.0 Å². The molecule has 1 saturated heterocycles. The number of carbonyl (C=O) groups is 2. The van der Waals surface area contributed by atoms with Gasteiger partial charge in [-0.2, -0.15) is 0 Å². The van der Waals surface area contributed by atoms with Gasteiger partial charge in [-0.25, -0.2) is 0 Å². The molecule has 2 amide bonds. The van der Waals surface area contributed by atoms with Crippen LogP contribution in [-0.2, 0) is 14.3 Å². The maximum Gasteiger partial charge on any atom is 0.229 e. The van der Waals surface area contributed by atoms with Gasteiger partial charge >= 0.3 is 0 Å². The average molecular weight is 290 g/mol. The molecule has 0 unspecified atom stereocenters. The Morgan fingerprint density at radius 2 is 2.10 bits per heavy atom. The van der Waals surface area contributed by atoms with Crippen LogP contribution in [0.15, 0.2) is 24.3 Å². The molecule has 1 N–H and O–H groups in total. The molecule has 0 saturated carbocycles. The lowest BCUT2D eigenvalue weighted by Gasteiger charge is -2.23. The Morgan fingerprint density at radius 1 is 1.43 bits per heavy atom. The molecule has 0 radical (unpaired) electrons. The second-order valence-corrected chi connectivity index (χ2v) is 5.61. The predicted molar refractivity (Wildman–Crippen MR) is 81.0 cm³/mol. The van der Waals surface area contributed by atoms with Crippen LogP contribution < -0.4 is 5.32 Å². The van der Waals surface area contributed by atoms with Crippen molar-refractivity contribution < 1.29 is 14.3 Å². The molecular weight excluding hydrogens is 268 g/mol. The summed E-state index contributed by atoms with van der Waals surface area (Å²) >= 11 is 0. The predicted octanol–water partition coefficient (Wildman–Crippen LogP) is 1.82. The lowest BCUT2D eigenvalue weighted by atomic mass is 10.1. The van der Waals surface area contributed by atoms with Gasteiger partial charge in [0.25, 0.3) is 0 Å². The van der Waals surface area contributed by atoms with Gasteiger partial charge in [0.1, 0.15) is 0 Å². The van der Waals surface area contributed by atoms with Gasteiger partial charge in [0.05, 0.1) is 18.6 Å². The maximum atomic E-state index is 12.2. The van der Waals surface area contributed by atoms with Crippen molar-refractivity contribution in [2.24, 2.45) is 5.92 Å². The number of nitrogens with zero attached hydrogens (tertiary/aromatic N) is 1. The van der Waals surface area contributed by atoms with Crippen LogP contribution in [0.4, 0.5) is 5.69 Å². The van der Waals surface area contributed by atoms with Gasteiger partial charge in [-0.15, -0.1) is 0 Å². The van der Waals surface area contributed by atoms with Crippen LogP contribution >= 0.6 is 0 Å². The number of ether oxygens (including phenoxy) is 1. The van der Waals surface area contributed by atoms with Crippen molar-refractivity contribution in [3.63, 3.8) is 0 Å². The average Bonchev–Trinajstić information content (AvgIpc) is 2.84. The van der Waals surface area contributed by atoms with Gasteiger partial charge in [-0.1, -0.05) is 17.7 Å². The van der Waals surface area contributed by atoms with Crippen molar-refractivity contribution in [2.75, 3.05) is 25.6 Å². The molecule has 1 aromatic carbocycles. The first-order chi connectivity index (χ1) is 10.0. The molecule has 0 aromatic heterocycles. The number of rotatable bonds is 5. The van der Waals surface area contributed by atoms with Crippen molar-refractivity contribution in [1.82, 2.24) is 4.90 Å². The second kappa shape index (κ2) is 6.72. The number of hydrogen-bond donors (Lipinski definition) is 1. The van der Waals surface area contributed by atoms with E-state index in [0.717, 1.165) is 11.3 Å². The summed E-state index contributed by atoms with van der Waals surface area (Å²) < 4.78 is 5.07. The summed E-state index contributed by atoms with van der Waals surface area (Å²) in [5, 5.41) is 2.87. The Bertz CT molecular complexity index is 513. The first-order valence-electron chi connectivity index (χ1n) is 7.17. The standard InChI is InChI=1S/C16H22N2O3/c1-11-4-6-14(7-5-11)17-16(20)13-8-15(19)18(9-13)12(2)10-21-3/h4-7,12-13H,8-10H2,1-3H3,(H,17,20)/t12-,13+/m1/s1. The topological polar surface area (TPSA) is 58.6 Å². The van der Waals surface area contributed by atoms with Gasteiger partial charge in [-0.05, 0) is 26.0 Å². The van der Waals surface area contributed by atoms with E-state index in [4.69, 9.17) is 4.74 Å². The van der Waals surface area contributed by atoms with Crippen LogP contribution in [0.5, 0.6) is 0 Å². The molecule has 1 aliphatic heterocycles. The van der Waals surface area contributed by atoms with Crippen molar-refractivity contribution in [3.8, 4) is 0 Å². The van der Waals surface area contributed by atoms with E-state index in [1.807, 2.05) is 38.1 Å². The third-order valence-corrected chi connectivity index (χ3v) is 3.79. The fourth-order valence-electron chi connectivity index (χ4n) is 2.55. The van der Waals surface area contributed by atoms with Crippen LogP contribution in [0, 0.1) is 12.8 Å². The number of methoxy groups -OCH3 is 1. The molecule has 21 heavy (non-hydrogen) atoms. The van der Waals surface area contributed by atoms with E-state index in [9.17, 15) is 9.59 Å². The molecule has 0 spiro atoms. The number of nitrogens with one attached hydrogen (secondary N) is 1. The van der Waals surface area contributed by atoms with Gasteiger partial charge in [0, 0.05) is 25.8 Å². The van der Waals surface area contributed by atoms with Gasteiger partial charge in [0.15, 0.2) is 0 Å². The van der Waals surface area contributed by atoms with Crippen molar-refractivity contribution in [1.29, 1.82) is 0 Å². The van der Waals surface area contributed by atoms with Crippen molar-refractivity contribution >= 4 is 17.5 Å². The lowest BCUT2D eigenvalue weighted by Crippen LogP contribution is -2.38. The monoisotopic (exact) mass is 290 g/mol. The Labute approximate surface area is 125 Å². The Kier molecular flexibility index (Phi) is 4.96. The third-order valence-electron chi connectivity index (χ3n) is 3.79. The van der Waals surface area contributed by atoms with E-state index in [0.29, 0.717) is 13.2 Å². The van der Waals surface area contributed by atoms with E-state index in [1.54, 1.807) is 12.0 Å².